The second-order valence-electron chi connectivity index (χ2n) is 4.88. The highest BCUT2D eigenvalue weighted by molar-refractivity contribution is 9.11. The van der Waals surface area contributed by atoms with E-state index in [4.69, 9.17) is 4.74 Å². The Morgan fingerprint density at radius 3 is 2.52 bits per heavy atom. The molecule has 10 heteroatoms. The van der Waals surface area contributed by atoms with Crippen LogP contribution in [0.1, 0.15) is 12.0 Å². The van der Waals surface area contributed by atoms with Crippen LogP contribution in [0, 0.1) is 10.1 Å². The van der Waals surface area contributed by atoms with Crippen LogP contribution in [0.3, 0.4) is 0 Å². The number of aryl methyl sites for hydroxylation is 1. The number of nitro benzene ring substituents is 1. The van der Waals surface area contributed by atoms with Crippen molar-refractivity contribution in [1.29, 1.82) is 0 Å². The molecule has 132 valence electrons. The van der Waals surface area contributed by atoms with Gasteiger partial charge in [0.25, 0.3) is 11.6 Å². The van der Waals surface area contributed by atoms with E-state index in [0.717, 1.165) is 5.56 Å². The largest absolute Gasteiger partial charge is 0.456 e. The summed E-state index contributed by atoms with van der Waals surface area (Å²) in [6.07, 6.45) is 0.748. The number of ether oxygens (including phenoxy) is 1. The Bertz CT molecular complexity index is 772. The number of hydrogen-bond acceptors (Lipinski definition) is 6. The molecule has 0 radical (unpaired) electrons. The molecule has 0 fully saturated rings. The SMILES string of the molecule is O=C(COC(=O)CCc1ccsc1)Nc1c(Br)cc([N+](=O)[O-])cc1Br. The van der Waals surface area contributed by atoms with E-state index in [1.165, 1.54) is 12.1 Å². The third-order valence-electron chi connectivity index (χ3n) is 3.06. The number of benzene rings is 1. The van der Waals surface area contributed by atoms with Crippen LogP contribution < -0.4 is 5.32 Å². The minimum Gasteiger partial charge on any atom is -0.456 e. The molecule has 0 atom stereocenters. The Labute approximate surface area is 163 Å². The maximum absolute atomic E-state index is 11.9. The first-order valence-electron chi connectivity index (χ1n) is 6.97. The van der Waals surface area contributed by atoms with Gasteiger partial charge >= 0.3 is 5.97 Å². The van der Waals surface area contributed by atoms with E-state index in [1.54, 1.807) is 11.3 Å². The minimum absolute atomic E-state index is 0.128. The van der Waals surface area contributed by atoms with Crippen molar-refractivity contribution in [2.45, 2.75) is 12.8 Å². The van der Waals surface area contributed by atoms with E-state index in [2.05, 4.69) is 37.2 Å². The van der Waals surface area contributed by atoms with E-state index in [-0.39, 0.29) is 12.1 Å². The molecule has 7 nitrogen and oxygen atoms in total. The summed E-state index contributed by atoms with van der Waals surface area (Å²) in [5.74, 6) is -1.01. The molecule has 25 heavy (non-hydrogen) atoms. The van der Waals surface area contributed by atoms with Gasteiger partial charge in [-0.25, -0.2) is 0 Å². The smallest absolute Gasteiger partial charge is 0.306 e. The van der Waals surface area contributed by atoms with E-state index in [9.17, 15) is 19.7 Å². The van der Waals surface area contributed by atoms with E-state index < -0.39 is 23.4 Å². The molecule has 0 aliphatic heterocycles. The van der Waals surface area contributed by atoms with Crippen molar-refractivity contribution in [2.24, 2.45) is 0 Å². The number of hydrogen-bond donors (Lipinski definition) is 1. The molecule has 0 saturated carbocycles. The number of carbonyl (C=O) groups is 2. The lowest BCUT2D eigenvalue weighted by atomic mass is 10.2. The molecule has 2 aromatic rings. The van der Waals surface area contributed by atoms with Gasteiger partial charge in [-0.3, -0.25) is 19.7 Å². The summed E-state index contributed by atoms with van der Waals surface area (Å²) in [6.45, 7) is -0.432. The second kappa shape index (κ2) is 9.07. The van der Waals surface area contributed by atoms with Crippen molar-refractivity contribution >= 4 is 66.4 Å². The zero-order chi connectivity index (χ0) is 18.4. The number of nitrogens with zero attached hydrogens (tertiary/aromatic N) is 1. The molecule has 1 N–H and O–H groups in total. The van der Waals surface area contributed by atoms with Gasteiger partial charge in [-0.2, -0.15) is 11.3 Å². The van der Waals surface area contributed by atoms with Gasteiger partial charge in [-0.05, 0) is 60.7 Å². The Balaban J connectivity index is 1.85. The molecule has 0 bridgehead atoms. The summed E-state index contributed by atoms with van der Waals surface area (Å²) in [4.78, 5) is 33.8. The lowest BCUT2D eigenvalue weighted by Crippen LogP contribution is -2.21. The fraction of sp³-hybridized carbons (Fsp3) is 0.200. The van der Waals surface area contributed by atoms with Crippen molar-refractivity contribution in [3.63, 3.8) is 0 Å². The fourth-order valence-electron chi connectivity index (χ4n) is 1.86. The maximum Gasteiger partial charge on any atom is 0.306 e. The number of carbonyl (C=O) groups excluding carboxylic acids is 2. The molecule has 1 amide bonds. The molecule has 0 unspecified atom stereocenters. The average molecular weight is 492 g/mol. The zero-order valence-corrected chi connectivity index (χ0v) is 16.6. The number of halogens is 2. The summed E-state index contributed by atoms with van der Waals surface area (Å²) in [6, 6.07) is 4.47. The Kier molecular flexibility index (Phi) is 7.09. The highest BCUT2D eigenvalue weighted by atomic mass is 79.9. The number of esters is 1. The van der Waals surface area contributed by atoms with Crippen LogP contribution in [0.15, 0.2) is 37.9 Å². The van der Waals surface area contributed by atoms with Crippen LogP contribution in [0.5, 0.6) is 0 Å². The van der Waals surface area contributed by atoms with Crippen molar-refractivity contribution in [2.75, 3.05) is 11.9 Å². The van der Waals surface area contributed by atoms with Gasteiger partial charge < -0.3 is 10.1 Å². The number of rotatable bonds is 7. The third kappa shape index (κ3) is 5.91. The number of nitrogens with one attached hydrogen (secondary N) is 1. The fourth-order valence-corrected chi connectivity index (χ4v) is 3.92. The maximum atomic E-state index is 11.9. The normalized spacial score (nSPS) is 10.3. The first-order chi connectivity index (χ1) is 11.9. The molecule has 0 aliphatic rings. The summed E-state index contributed by atoms with van der Waals surface area (Å²) >= 11 is 7.88. The van der Waals surface area contributed by atoms with Gasteiger partial charge in [0.2, 0.25) is 0 Å². The average Bonchev–Trinajstić information content (AvgIpc) is 3.07. The minimum atomic E-state index is -0.545. The van der Waals surface area contributed by atoms with Gasteiger partial charge in [0, 0.05) is 27.5 Å². The van der Waals surface area contributed by atoms with Crippen LogP contribution in [0.4, 0.5) is 11.4 Å². The molecule has 1 heterocycles. The van der Waals surface area contributed by atoms with Gasteiger partial charge in [-0.15, -0.1) is 0 Å². The molecule has 0 aliphatic carbocycles. The Morgan fingerprint density at radius 1 is 1.28 bits per heavy atom. The monoisotopic (exact) mass is 490 g/mol. The number of thiophene rings is 1. The van der Waals surface area contributed by atoms with Crippen molar-refractivity contribution in [3.05, 3.63) is 53.6 Å². The van der Waals surface area contributed by atoms with Crippen LogP contribution in [0.25, 0.3) is 0 Å². The predicted molar refractivity (Wildman–Crippen MR) is 101 cm³/mol. The summed E-state index contributed by atoms with van der Waals surface area (Å²) in [5, 5.41) is 17.2. The standard InChI is InChI=1S/C15H12Br2N2O5S/c16-11-5-10(19(22)23)6-12(17)15(11)18-13(20)7-24-14(21)2-1-9-3-4-25-8-9/h3-6,8H,1-2,7H2,(H,18,20). The highest BCUT2D eigenvalue weighted by Gasteiger charge is 2.16. The second-order valence-corrected chi connectivity index (χ2v) is 7.37. The molecule has 2 rings (SSSR count). The molecule has 1 aromatic heterocycles. The number of non-ortho nitro benzene ring substituents is 1. The number of amides is 1. The Morgan fingerprint density at radius 2 is 1.96 bits per heavy atom. The molecule has 0 saturated heterocycles. The van der Waals surface area contributed by atoms with E-state index in [0.29, 0.717) is 21.1 Å². The van der Waals surface area contributed by atoms with E-state index in [1.807, 2.05) is 16.8 Å². The Hall–Kier alpha value is -1.78. The first kappa shape index (κ1) is 19.5. The third-order valence-corrected chi connectivity index (χ3v) is 5.05. The van der Waals surface area contributed by atoms with Gasteiger partial charge in [0.05, 0.1) is 10.6 Å². The van der Waals surface area contributed by atoms with Crippen LogP contribution in [-0.4, -0.2) is 23.4 Å². The lowest BCUT2D eigenvalue weighted by molar-refractivity contribution is -0.385. The lowest BCUT2D eigenvalue weighted by Gasteiger charge is -2.10. The quantitative estimate of drug-likeness (QED) is 0.353. The van der Waals surface area contributed by atoms with E-state index >= 15 is 0 Å². The van der Waals surface area contributed by atoms with Crippen LogP contribution >= 0.6 is 43.2 Å². The van der Waals surface area contributed by atoms with Crippen molar-refractivity contribution < 1.29 is 19.2 Å². The van der Waals surface area contributed by atoms with Crippen molar-refractivity contribution in [3.8, 4) is 0 Å². The molecule has 1 aromatic carbocycles. The molecular weight excluding hydrogens is 480 g/mol. The van der Waals surface area contributed by atoms with Gasteiger partial charge in [-0.1, -0.05) is 0 Å². The van der Waals surface area contributed by atoms with Gasteiger partial charge in [0.15, 0.2) is 6.61 Å². The zero-order valence-electron chi connectivity index (χ0n) is 12.7. The summed E-state index contributed by atoms with van der Waals surface area (Å²) in [5.41, 5.74) is 1.24. The first-order valence-corrected chi connectivity index (χ1v) is 9.49. The van der Waals surface area contributed by atoms with Crippen LogP contribution in [-0.2, 0) is 20.7 Å². The molecule has 0 spiro atoms. The highest BCUT2D eigenvalue weighted by Crippen LogP contribution is 2.35. The topological polar surface area (TPSA) is 98.5 Å². The summed E-state index contributed by atoms with van der Waals surface area (Å²) < 4.78 is 5.61. The summed E-state index contributed by atoms with van der Waals surface area (Å²) in [7, 11) is 0. The predicted octanol–water partition coefficient (Wildman–Crippen LogP) is 4.30. The number of nitro groups is 1. The molecular formula is C15H12Br2N2O5S. The van der Waals surface area contributed by atoms with Gasteiger partial charge in [0.1, 0.15) is 0 Å². The van der Waals surface area contributed by atoms with Crippen LogP contribution in [0.2, 0.25) is 0 Å². The van der Waals surface area contributed by atoms with Crippen molar-refractivity contribution in [1.82, 2.24) is 0 Å². The number of anilines is 1.